The highest BCUT2D eigenvalue weighted by Gasteiger charge is 2.35. The van der Waals surface area contributed by atoms with Crippen LogP contribution >= 0.6 is 0 Å². The normalized spacial score (nSPS) is 19.1. The second kappa shape index (κ2) is 7.65. The Bertz CT molecular complexity index is 337. The predicted octanol–water partition coefficient (Wildman–Crippen LogP) is 2.72. The van der Waals surface area contributed by atoms with Gasteiger partial charge in [0.05, 0.1) is 0 Å². The lowest BCUT2D eigenvalue weighted by atomic mass is 10.0. The summed E-state index contributed by atoms with van der Waals surface area (Å²) in [5, 5.41) is 2.79. The van der Waals surface area contributed by atoms with E-state index in [1.165, 1.54) is 19.3 Å². The number of nitrogens with zero attached hydrogens (tertiary/aromatic N) is 1. The van der Waals surface area contributed by atoms with Crippen LogP contribution in [0.4, 0.5) is 0 Å². The van der Waals surface area contributed by atoms with Gasteiger partial charge in [-0.25, -0.2) is 0 Å². The maximum atomic E-state index is 12.3. The van der Waals surface area contributed by atoms with Gasteiger partial charge < -0.3 is 10.2 Å². The van der Waals surface area contributed by atoms with E-state index < -0.39 is 5.54 Å². The molecule has 0 radical (unpaired) electrons. The molecule has 1 fully saturated rings. The van der Waals surface area contributed by atoms with Crippen molar-refractivity contribution in [1.29, 1.82) is 0 Å². The van der Waals surface area contributed by atoms with Crippen molar-refractivity contribution in [1.82, 2.24) is 10.2 Å². The smallest absolute Gasteiger partial charge is 0.247 e. The molecule has 1 aliphatic heterocycles. The summed E-state index contributed by atoms with van der Waals surface area (Å²) in [6, 6.07) is 0. The number of amides is 2. The van der Waals surface area contributed by atoms with Gasteiger partial charge in [-0.2, -0.15) is 0 Å². The molecule has 1 aliphatic rings. The molecule has 116 valence electrons. The molecule has 0 aromatic rings. The molecule has 0 atom stereocenters. The Morgan fingerprint density at radius 1 is 1.15 bits per heavy atom. The lowest BCUT2D eigenvalue weighted by Gasteiger charge is -2.28. The van der Waals surface area contributed by atoms with Crippen LogP contribution in [0, 0.1) is 5.92 Å². The Morgan fingerprint density at radius 3 is 2.45 bits per heavy atom. The van der Waals surface area contributed by atoms with Crippen LogP contribution in [0.5, 0.6) is 0 Å². The zero-order chi connectivity index (χ0) is 15.2. The third-order valence-electron chi connectivity index (χ3n) is 3.84. The fraction of sp³-hybridized carbons (Fsp3) is 0.875. The van der Waals surface area contributed by atoms with Gasteiger partial charge in [0, 0.05) is 19.5 Å². The molecule has 0 aliphatic carbocycles. The van der Waals surface area contributed by atoms with E-state index in [4.69, 9.17) is 0 Å². The third kappa shape index (κ3) is 5.51. The Labute approximate surface area is 123 Å². The van der Waals surface area contributed by atoms with E-state index in [-0.39, 0.29) is 11.8 Å². The first-order valence-corrected chi connectivity index (χ1v) is 7.93. The number of nitrogens with one attached hydrogen (secondary N) is 1. The minimum absolute atomic E-state index is 0.0252. The summed E-state index contributed by atoms with van der Waals surface area (Å²) < 4.78 is 0. The van der Waals surface area contributed by atoms with Gasteiger partial charge in [0.1, 0.15) is 5.54 Å². The Kier molecular flexibility index (Phi) is 6.50. The Morgan fingerprint density at radius 2 is 1.80 bits per heavy atom. The van der Waals surface area contributed by atoms with Crippen molar-refractivity contribution in [3.8, 4) is 0 Å². The average Bonchev–Trinajstić information content (AvgIpc) is 2.43. The van der Waals surface area contributed by atoms with Gasteiger partial charge in [-0.1, -0.05) is 39.5 Å². The van der Waals surface area contributed by atoms with Crippen LogP contribution in [-0.2, 0) is 9.59 Å². The highest BCUT2D eigenvalue weighted by molar-refractivity contribution is 5.92. The summed E-state index contributed by atoms with van der Waals surface area (Å²) in [6.07, 6.45) is 6.42. The monoisotopic (exact) mass is 282 g/mol. The van der Waals surface area contributed by atoms with Gasteiger partial charge in [0.2, 0.25) is 11.8 Å². The van der Waals surface area contributed by atoms with E-state index in [0.29, 0.717) is 13.0 Å². The van der Waals surface area contributed by atoms with Gasteiger partial charge in [-0.3, -0.25) is 9.59 Å². The van der Waals surface area contributed by atoms with Crippen LogP contribution in [0.2, 0.25) is 0 Å². The number of hydrogen-bond acceptors (Lipinski definition) is 2. The van der Waals surface area contributed by atoms with Crippen LogP contribution < -0.4 is 5.32 Å². The van der Waals surface area contributed by atoms with E-state index in [0.717, 1.165) is 25.3 Å². The van der Waals surface area contributed by atoms with E-state index in [1.807, 2.05) is 4.90 Å². The summed E-state index contributed by atoms with van der Waals surface area (Å²) in [4.78, 5) is 25.8. The van der Waals surface area contributed by atoms with Crippen molar-refractivity contribution in [3.05, 3.63) is 0 Å². The van der Waals surface area contributed by atoms with E-state index in [1.54, 1.807) is 13.8 Å². The molecule has 0 aromatic carbocycles. The third-order valence-corrected chi connectivity index (χ3v) is 3.84. The van der Waals surface area contributed by atoms with Crippen molar-refractivity contribution in [2.24, 2.45) is 5.92 Å². The summed E-state index contributed by atoms with van der Waals surface area (Å²) in [7, 11) is 0. The second-order valence-corrected chi connectivity index (χ2v) is 6.81. The molecule has 0 spiro atoms. The number of rotatable bonds is 7. The van der Waals surface area contributed by atoms with Gasteiger partial charge in [-0.15, -0.1) is 0 Å². The fourth-order valence-electron chi connectivity index (χ4n) is 2.62. The molecule has 2 amide bonds. The quantitative estimate of drug-likeness (QED) is 0.730. The summed E-state index contributed by atoms with van der Waals surface area (Å²) >= 11 is 0. The molecule has 0 bridgehead atoms. The summed E-state index contributed by atoms with van der Waals surface area (Å²) in [5.74, 6) is 0.799. The first-order chi connectivity index (χ1) is 9.33. The molecule has 0 aromatic heterocycles. The number of unbranched alkanes of at least 4 members (excludes halogenated alkanes) is 3. The Balaban J connectivity index is 2.31. The lowest BCUT2D eigenvalue weighted by molar-refractivity contribution is -0.137. The first-order valence-electron chi connectivity index (χ1n) is 7.93. The van der Waals surface area contributed by atoms with Crippen LogP contribution in [-0.4, -0.2) is 35.3 Å². The molecule has 20 heavy (non-hydrogen) atoms. The minimum Gasteiger partial charge on any atom is -0.342 e. The van der Waals surface area contributed by atoms with E-state index >= 15 is 0 Å². The maximum absolute atomic E-state index is 12.3. The van der Waals surface area contributed by atoms with E-state index in [2.05, 4.69) is 19.2 Å². The molecule has 0 unspecified atom stereocenters. The lowest BCUT2D eigenvalue weighted by Crippen LogP contribution is -2.52. The van der Waals surface area contributed by atoms with Crippen LogP contribution in [0.1, 0.15) is 66.2 Å². The molecule has 0 saturated carbocycles. The molecular weight excluding hydrogens is 252 g/mol. The standard InChI is InChI=1S/C16H30N2O2/c1-13(2)9-7-5-6-8-11-18-12-10-14(19)17-16(3,4)15(18)20/h13H,5-12H2,1-4H3,(H,17,19). The molecular formula is C16H30N2O2. The van der Waals surface area contributed by atoms with Gasteiger partial charge in [0.15, 0.2) is 0 Å². The highest BCUT2D eigenvalue weighted by atomic mass is 16.2. The van der Waals surface area contributed by atoms with Gasteiger partial charge >= 0.3 is 0 Å². The number of carbonyl (C=O) groups excluding carboxylic acids is 2. The van der Waals surface area contributed by atoms with Gasteiger partial charge in [-0.05, 0) is 26.2 Å². The molecule has 4 nitrogen and oxygen atoms in total. The summed E-state index contributed by atoms with van der Waals surface area (Å²) in [5.41, 5.74) is -0.759. The van der Waals surface area contributed by atoms with Crippen molar-refractivity contribution in [2.75, 3.05) is 13.1 Å². The maximum Gasteiger partial charge on any atom is 0.247 e. The largest absolute Gasteiger partial charge is 0.342 e. The number of carbonyl (C=O) groups is 2. The molecule has 1 N–H and O–H groups in total. The minimum atomic E-state index is -0.759. The summed E-state index contributed by atoms with van der Waals surface area (Å²) in [6.45, 7) is 9.41. The van der Waals surface area contributed by atoms with Crippen LogP contribution in [0.15, 0.2) is 0 Å². The average molecular weight is 282 g/mol. The Hall–Kier alpha value is -1.06. The number of hydrogen-bond donors (Lipinski definition) is 1. The topological polar surface area (TPSA) is 49.4 Å². The van der Waals surface area contributed by atoms with Crippen molar-refractivity contribution in [3.63, 3.8) is 0 Å². The highest BCUT2D eigenvalue weighted by Crippen LogP contribution is 2.15. The van der Waals surface area contributed by atoms with Crippen molar-refractivity contribution in [2.45, 2.75) is 71.8 Å². The van der Waals surface area contributed by atoms with Crippen molar-refractivity contribution >= 4 is 11.8 Å². The van der Waals surface area contributed by atoms with Crippen LogP contribution in [0.3, 0.4) is 0 Å². The predicted molar refractivity (Wildman–Crippen MR) is 81.3 cm³/mol. The van der Waals surface area contributed by atoms with Crippen molar-refractivity contribution < 1.29 is 9.59 Å². The fourth-order valence-corrected chi connectivity index (χ4v) is 2.62. The molecule has 4 heteroatoms. The van der Waals surface area contributed by atoms with Gasteiger partial charge in [0.25, 0.3) is 0 Å². The zero-order valence-corrected chi connectivity index (χ0v) is 13.5. The second-order valence-electron chi connectivity index (χ2n) is 6.81. The SMILES string of the molecule is CC(C)CCCCCCN1CCC(=O)NC(C)(C)C1=O. The zero-order valence-electron chi connectivity index (χ0n) is 13.5. The molecule has 1 heterocycles. The van der Waals surface area contributed by atoms with E-state index in [9.17, 15) is 9.59 Å². The molecule has 1 rings (SSSR count). The molecule has 1 saturated heterocycles. The van der Waals surface area contributed by atoms with Crippen LogP contribution in [0.25, 0.3) is 0 Å². The first kappa shape index (κ1) is 17.0.